The number of rotatable bonds is 5. The highest BCUT2D eigenvalue weighted by atomic mass is 32.2. The lowest BCUT2D eigenvalue weighted by Gasteiger charge is -2.35. The van der Waals surface area contributed by atoms with E-state index in [2.05, 4.69) is 10.3 Å². The Morgan fingerprint density at radius 1 is 1.22 bits per heavy atom. The Morgan fingerprint density at radius 3 is 2.48 bits per heavy atom. The minimum absolute atomic E-state index is 0.0137. The van der Waals surface area contributed by atoms with E-state index in [0.717, 1.165) is 5.16 Å². The molecule has 1 saturated heterocycles. The highest BCUT2D eigenvalue weighted by Gasteiger charge is 2.26. The van der Waals surface area contributed by atoms with Crippen molar-refractivity contribution in [3.8, 4) is 0 Å². The standard InChI is InChI=1S/C19H24N4O3S/c1-13-10-23(11-14(2)26-13)18(25)15-4-6-16(7-5-15)21-17(24)12-27-19-20-8-9-22(19)3/h4-9,13-14H,10-12H2,1-3H3,(H,21,24)/t13-,14-/m0/s1. The SMILES string of the molecule is C[C@H]1CN(C(=O)c2ccc(NC(=O)CSc3nccn3C)cc2)C[C@H](C)O1. The summed E-state index contributed by atoms with van der Waals surface area (Å²) < 4.78 is 7.54. The molecule has 0 saturated carbocycles. The third-order valence-electron chi connectivity index (χ3n) is 4.23. The molecule has 0 bridgehead atoms. The van der Waals surface area contributed by atoms with Gasteiger partial charge in [0.1, 0.15) is 0 Å². The largest absolute Gasteiger partial charge is 0.372 e. The van der Waals surface area contributed by atoms with Crippen molar-refractivity contribution in [3.63, 3.8) is 0 Å². The van der Waals surface area contributed by atoms with Crippen LogP contribution < -0.4 is 5.32 Å². The molecule has 1 aliphatic rings. The van der Waals surface area contributed by atoms with Gasteiger partial charge in [-0.3, -0.25) is 9.59 Å². The van der Waals surface area contributed by atoms with E-state index in [-0.39, 0.29) is 29.8 Å². The first-order valence-electron chi connectivity index (χ1n) is 8.87. The van der Waals surface area contributed by atoms with Crippen LogP contribution in [0.2, 0.25) is 0 Å². The number of anilines is 1. The van der Waals surface area contributed by atoms with Crippen molar-refractivity contribution in [1.29, 1.82) is 0 Å². The van der Waals surface area contributed by atoms with Crippen LogP contribution in [0.1, 0.15) is 24.2 Å². The zero-order valence-corrected chi connectivity index (χ0v) is 16.5. The van der Waals surface area contributed by atoms with Gasteiger partial charge in [0.05, 0.1) is 18.0 Å². The molecule has 1 aromatic heterocycles. The number of imidazole rings is 1. The lowest BCUT2D eigenvalue weighted by molar-refractivity contribution is -0.113. The first-order valence-corrected chi connectivity index (χ1v) is 9.85. The number of amides is 2. The van der Waals surface area contributed by atoms with Gasteiger partial charge in [-0.15, -0.1) is 0 Å². The number of hydrogen-bond donors (Lipinski definition) is 1. The molecule has 1 aromatic carbocycles. The van der Waals surface area contributed by atoms with Crippen molar-refractivity contribution in [2.75, 3.05) is 24.2 Å². The van der Waals surface area contributed by atoms with Gasteiger partial charge >= 0.3 is 0 Å². The Morgan fingerprint density at radius 2 is 1.89 bits per heavy atom. The molecule has 1 fully saturated rings. The maximum absolute atomic E-state index is 12.7. The summed E-state index contributed by atoms with van der Waals surface area (Å²) in [5, 5.41) is 3.63. The molecular weight excluding hydrogens is 364 g/mol. The Hall–Kier alpha value is -2.32. The Labute approximate surface area is 163 Å². The molecule has 1 N–H and O–H groups in total. The first-order chi connectivity index (χ1) is 12.9. The fourth-order valence-corrected chi connectivity index (χ4v) is 3.77. The molecule has 0 aliphatic carbocycles. The van der Waals surface area contributed by atoms with E-state index in [9.17, 15) is 9.59 Å². The van der Waals surface area contributed by atoms with E-state index in [0.29, 0.717) is 24.3 Å². The molecule has 144 valence electrons. The number of carbonyl (C=O) groups excluding carboxylic acids is 2. The summed E-state index contributed by atoms with van der Waals surface area (Å²) in [6.07, 6.45) is 3.61. The number of nitrogens with zero attached hydrogens (tertiary/aromatic N) is 3. The Balaban J connectivity index is 1.54. The number of carbonyl (C=O) groups is 2. The number of aromatic nitrogens is 2. The van der Waals surface area contributed by atoms with Gasteiger partial charge in [0.15, 0.2) is 5.16 Å². The van der Waals surface area contributed by atoms with Gasteiger partial charge in [-0.2, -0.15) is 0 Å². The number of nitrogens with one attached hydrogen (secondary N) is 1. The van der Waals surface area contributed by atoms with Crippen LogP contribution in [0.25, 0.3) is 0 Å². The van der Waals surface area contributed by atoms with Crippen LogP contribution >= 0.6 is 11.8 Å². The predicted octanol–water partition coefficient (Wildman–Crippen LogP) is 2.40. The Kier molecular flexibility index (Phi) is 6.18. The van der Waals surface area contributed by atoms with Crippen molar-refractivity contribution >= 4 is 29.3 Å². The van der Waals surface area contributed by atoms with E-state index in [1.54, 1.807) is 30.5 Å². The summed E-state index contributed by atoms with van der Waals surface area (Å²) in [6.45, 7) is 5.12. The number of hydrogen-bond acceptors (Lipinski definition) is 5. The van der Waals surface area contributed by atoms with Gasteiger partial charge in [-0.1, -0.05) is 11.8 Å². The summed E-state index contributed by atoms with van der Waals surface area (Å²) in [5.41, 5.74) is 1.28. The van der Waals surface area contributed by atoms with Gasteiger partial charge in [0.2, 0.25) is 5.91 Å². The van der Waals surface area contributed by atoms with Crippen LogP contribution in [-0.2, 0) is 16.6 Å². The van der Waals surface area contributed by atoms with E-state index >= 15 is 0 Å². The smallest absolute Gasteiger partial charge is 0.254 e. The third kappa shape index (κ3) is 5.11. The molecule has 2 aromatic rings. The minimum Gasteiger partial charge on any atom is -0.372 e. The van der Waals surface area contributed by atoms with Crippen molar-refractivity contribution in [2.45, 2.75) is 31.2 Å². The number of ether oxygens (including phenoxy) is 1. The molecule has 7 nitrogen and oxygen atoms in total. The summed E-state index contributed by atoms with van der Waals surface area (Å²) in [6, 6.07) is 7.00. The summed E-state index contributed by atoms with van der Waals surface area (Å²) in [7, 11) is 1.89. The fourth-order valence-electron chi connectivity index (χ4n) is 3.04. The molecule has 3 rings (SSSR count). The summed E-state index contributed by atoms with van der Waals surface area (Å²) in [5.74, 6) is 0.146. The number of benzene rings is 1. The molecule has 2 atom stereocenters. The van der Waals surface area contributed by atoms with E-state index in [1.165, 1.54) is 11.8 Å². The van der Waals surface area contributed by atoms with Gasteiger partial charge < -0.3 is 19.5 Å². The maximum atomic E-state index is 12.7. The van der Waals surface area contributed by atoms with Crippen molar-refractivity contribution in [3.05, 3.63) is 42.2 Å². The van der Waals surface area contributed by atoms with E-state index in [1.807, 2.05) is 36.6 Å². The second-order valence-corrected chi connectivity index (χ2v) is 7.64. The second kappa shape index (κ2) is 8.58. The summed E-state index contributed by atoms with van der Waals surface area (Å²) in [4.78, 5) is 30.8. The van der Waals surface area contributed by atoms with Crippen LogP contribution in [0.15, 0.2) is 41.8 Å². The highest BCUT2D eigenvalue weighted by molar-refractivity contribution is 7.99. The lowest BCUT2D eigenvalue weighted by atomic mass is 10.1. The van der Waals surface area contributed by atoms with Crippen molar-refractivity contribution in [1.82, 2.24) is 14.5 Å². The number of thioether (sulfide) groups is 1. The van der Waals surface area contributed by atoms with Gasteiger partial charge in [0.25, 0.3) is 5.91 Å². The molecule has 0 radical (unpaired) electrons. The van der Waals surface area contributed by atoms with Crippen molar-refractivity contribution in [2.24, 2.45) is 7.05 Å². The molecule has 2 heterocycles. The molecule has 8 heteroatoms. The molecule has 1 aliphatic heterocycles. The molecule has 0 unspecified atom stereocenters. The predicted molar refractivity (Wildman–Crippen MR) is 105 cm³/mol. The van der Waals surface area contributed by atoms with Crippen LogP contribution in [-0.4, -0.2) is 57.3 Å². The number of aryl methyl sites for hydroxylation is 1. The second-order valence-electron chi connectivity index (χ2n) is 6.70. The van der Waals surface area contributed by atoms with Crippen LogP contribution in [0, 0.1) is 0 Å². The highest BCUT2D eigenvalue weighted by Crippen LogP contribution is 2.18. The monoisotopic (exact) mass is 388 g/mol. The fraction of sp³-hybridized carbons (Fsp3) is 0.421. The number of morpholine rings is 1. The quantitative estimate of drug-likeness (QED) is 0.796. The Bertz CT molecular complexity index is 796. The molecule has 2 amide bonds. The first kappa shape index (κ1) is 19.4. The van der Waals surface area contributed by atoms with Gasteiger partial charge in [0, 0.05) is 43.8 Å². The minimum atomic E-state index is -0.113. The normalized spacial score (nSPS) is 19.7. The van der Waals surface area contributed by atoms with Crippen molar-refractivity contribution < 1.29 is 14.3 Å². The van der Waals surface area contributed by atoms with E-state index in [4.69, 9.17) is 4.74 Å². The topological polar surface area (TPSA) is 76.5 Å². The van der Waals surface area contributed by atoms with Crippen LogP contribution in [0.4, 0.5) is 5.69 Å². The van der Waals surface area contributed by atoms with Crippen LogP contribution in [0.5, 0.6) is 0 Å². The zero-order chi connectivity index (χ0) is 19.4. The van der Waals surface area contributed by atoms with Gasteiger partial charge in [-0.05, 0) is 38.1 Å². The average molecular weight is 388 g/mol. The lowest BCUT2D eigenvalue weighted by Crippen LogP contribution is -2.48. The molecule has 0 spiro atoms. The average Bonchev–Trinajstić information content (AvgIpc) is 3.04. The third-order valence-corrected chi connectivity index (χ3v) is 5.29. The van der Waals surface area contributed by atoms with Gasteiger partial charge in [-0.25, -0.2) is 4.98 Å². The maximum Gasteiger partial charge on any atom is 0.254 e. The summed E-state index contributed by atoms with van der Waals surface area (Å²) >= 11 is 1.38. The molecule has 27 heavy (non-hydrogen) atoms. The molecular formula is C19H24N4O3S. The van der Waals surface area contributed by atoms with E-state index < -0.39 is 0 Å². The van der Waals surface area contributed by atoms with Crippen LogP contribution in [0.3, 0.4) is 0 Å². The zero-order valence-electron chi connectivity index (χ0n) is 15.7.